The first-order valence-electron chi connectivity index (χ1n) is 9.49. The number of benzene rings is 2. The van der Waals surface area contributed by atoms with Gasteiger partial charge in [0, 0.05) is 17.9 Å². The van der Waals surface area contributed by atoms with E-state index in [1.807, 2.05) is 13.0 Å². The van der Waals surface area contributed by atoms with Crippen LogP contribution in [0.4, 0.5) is 4.39 Å². The van der Waals surface area contributed by atoms with Crippen LogP contribution >= 0.6 is 0 Å². The number of hydrogen-bond donors (Lipinski definition) is 1. The summed E-state index contributed by atoms with van der Waals surface area (Å²) in [5, 5.41) is 12.6. The average Bonchev–Trinajstić information content (AvgIpc) is 2.96. The van der Waals surface area contributed by atoms with Crippen molar-refractivity contribution in [1.82, 2.24) is 14.5 Å². The molecule has 3 aromatic rings. The van der Waals surface area contributed by atoms with Crippen LogP contribution in [0.5, 0.6) is 0 Å². The third-order valence-electron chi connectivity index (χ3n) is 4.90. The zero-order valence-corrected chi connectivity index (χ0v) is 17.1. The second kappa shape index (κ2) is 8.06. The SMILES string of the molecule is Cc1cn(CNC(c2ccc(F)cc2)C(C)(C)C)c(=O)n1-c1cccc(C#N)c1. The van der Waals surface area contributed by atoms with Crippen molar-refractivity contribution in [2.45, 2.75) is 40.4 Å². The molecule has 0 fully saturated rings. The van der Waals surface area contributed by atoms with Gasteiger partial charge in [0.25, 0.3) is 0 Å². The van der Waals surface area contributed by atoms with Crippen molar-refractivity contribution >= 4 is 0 Å². The molecular weight excluding hydrogens is 367 g/mol. The van der Waals surface area contributed by atoms with Gasteiger partial charge in [-0.3, -0.25) is 14.5 Å². The van der Waals surface area contributed by atoms with Crippen molar-refractivity contribution in [3.63, 3.8) is 0 Å². The topological polar surface area (TPSA) is 62.8 Å². The molecule has 29 heavy (non-hydrogen) atoms. The number of aryl methyl sites for hydroxylation is 1. The van der Waals surface area contributed by atoms with E-state index in [4.69, 9.17) is 5.26 Å². The lowest BCUT2D eigenvalue weighted by molar-refractivity contribution is 0.255. The second-order valence-electron chi connectivity index (χ2n) is 8.23. The summed E-state index contributed by atoms with van der Waals surface area (Å²) in [6.45, 7) is 8.46. The lowest BCUT2D eigenvalue weighted by atomic mass is 9.82. The van der Waals surface area contributed by atoms with Gasteiger partial charge in [0.2, 0.25) is 0 Å². The highest BCUT2D eigenvalue weighted by molar-refractivity contribution is 5.42. The van der Waals surface area contributed by atoms with E-state index >= 15 is 0 Å². The Morgan fingerprint density at radius 3 is 2.48 bits per heavy atom. The Morgan fingerprint density at radius 2 is 1.86 bits per heavy atom. The smallest absolute Gasteiger partial charge is 0.292 e. The summed E-state index contributed by atoms with van der Waals surface area (Å²) in [6, 6.07) is 15.4. The molecule has 6 heteroatoms. The molecule has 0 amide bonds. The van der Waals surface area contributed by atoms with Gasteiger partial charge < -0.3 is 0 Å². The fraction of sp³-hybridized carbons (Fsp3) is 0.304. The van der Waals surface area contributed by atoms with Gasteiger partial charge in [0.1, 0.15) is 5.82 Å². The van der Waals surface area contributed by atoms with Gasteiger partial charge in [-0.05, 0) is 48.2 Å². The van der Waals surface area contributed by atoms with Crippen LogP contribution in [-0.2, 0) is 6.67 Å². The number of imidazole rings is 1. The van der Waals surface area contributed by atoms with Crippen LogP contribution in [0.2, 0.25) is 0 Å². The minimum Gasteiger partial charge on any atom is -0.292 e. The summed E-state index contributed by atoms with van der Waals surface area (Å²) in [4.78, 5) is 13.0. The van der Waals surface area contributed by atoms with Crippen LogP contribution in [0.25, 0.3) is 5.69 Å². The number of aromatic nitrogens is 2. The van der Waals surface area contributed by atoms with E-state index in [0.29, 0.717) is 17.9 Å². The van der Waals surface area contributed by atoms with Crippen molar-refractivity contribution < 1.29 is 4.39 Å². The summed E-state index contributed by atoms with van der Waals surface area (Å²) in [7, 11) is 0. The molecule has 0 aliphatic carbocycles. The Bertz CT molecular complexity index is 1100. The molecule has 2 aromatic carbocycles. The zero-order chi connectivity index (χ0) is 21.2. The number of rotatable bonds is 5. The summed E-state index contributed by atoms with van der Waals surface area (Å²) < 4.78 is 16.5. The van der Waals surface area contributed by atoms with E-state index in [1.165, 1.54) is 12.1 Å². The van der Waals surface area contributed by atoms with Gasteiger partial charge in [-0.15, -0.1) is 0 Å². The van der Waals surface area contributed by atoms with Crippen LogP contribution in [0.3, 0.4) is 0 Å². The number of nitriles is 1. The molecule has 0 aliphatic rings. The molecule has 150 valence electrons. The van der Waals surface area contributed by atoms with E-state index in [2.05, 4.69) is 32.2 Å². The monoisotopic (exact) mass is 392 g/mol. The average molecular weight is 392 g/mol. The van der Waals surface area contributed by atoms with Crippen molar-refractivity contribution in [3.8, 4) is 11.8 Å². The molecule has 0 aliphatic heterocycles. The molecule has 1 N–H and O–H groups in total. The van der Waals surface area contributed by atoms with Crippen LogP contribution in [-0.4, -0.2) is 9.13 Å². The van der Waals surface area contributed by atoms with Gasteiger partial charge in [0.15, 0.2) is 0 Å². The Balaban J connectivity index is 1.89. The fourth-order valence-corrected chi connectivity index (χ4v) is 3.53. The Hall–Kier alpha value is -3.17. The lowest BCUT2D eigenvalue weighted by Gasteiger charge is -2.32. The lowest BCUT2D eigenvalue weighted by Crippen LogP contribution is -2.36. The molecule has 0 bridgehead atoms. The van der Waals surface area contributed by atoms with E-state index < -0.39 is 0 Å². The number of halogens is 1. The van der Waals surface area contributed by atoms with E-state index in [9.17, 15) is 9.18 Å². The molecule has 0 saturated carbocycles. The number of hydrogen-bond acceptors (Lipinski definition) is 3. The second-order valence-corrected chi connectivity index (χ2v) is 8.23. The molecule has 1 atom stereocenters. The van der Waals surface area contributed by atoms with Gasteiger partial charge in [-0.25, -0.2) is 9.18 Å². The van der Waals surface area contributed by atoms with Gasteiger partial charge in [-0.2, -0.15) is 5.26 Å². The minimum atomic E-state index is -0.273. The van der Waals surface area contributed by atoms with Crippen molar-refractivity contribution in [3.05, 3.63) is 87.9 Å². The summed E-state index contributed by atoms with van der Waals surface area (Å²) in [6.07, 6.45) is 1.79. The van der Waals surface area contributed by atoms with Crippen LogP contribution in [0.1, 0.15) is 43.6 Å². The van der Waals surface area contributed by atoms with Gasteiger partial charge >= 0.3 is 5.69 Å². The zero-order valence-electron chi connectivity index (χ0n) is 17.1. The van der Waals surface area contributed by atoms with Gasteiger partial charge in [0.05, 0.1) is 24.0 Å². The maximum atomic E-state index is 13.3. The van der Waals surface area contributed by atoms with Crippen molar-refractivity contribution in [2.75, 3.05) is 0 Å². The summed E-state index contributed by atoms with van der Waals surface area (Å²) >= 11 is 0. The predicted molar refractivity (Wildman–Crippen MR) is 111 cm³/mol. The maximum absolute atomic E-state index is 13.3. The minimum absolute atomic E-state index is 0.0689. The van der Waals surface area contributed by atoms with E-state index in [0.717, 1.165) is 11.3 Å². The molecular formula is C23H25FN4O. The molecule has 3 rings (SSSR count). The standard InChI is InChI=1S/C23H25FN4O/c1-16-14-27(22(29)28(16)20-7-5-6-17(12-20)13-25)15-26-21(23(2,3)4)18-8-10-19(24)11-9-18/h5-12,14,21,26H,15H2,1-4H3. The largest absolute Gasteiger partial charge is 0.334 e. The fourth-order valence-electron chi connectivity index (χ4n) is 3.53. The number of nitrogens with zero attached hydrogens (tertiary/aromatic N) is 3. The molecule has 5 nitrogen and oxygen atoms in total. The Kier molecular flexibility index (Phi) is 5.71. The number of nitrogens with one attached hydrogen (secondary N) is 1. The Morgan fingerprint density at radius 1 is 1.17 bits per heavy atom. The van der Waals surface area contributed by atoms with Crippen LogP contribution in [0.15, 0.2) is 59.5 Å². The van der Waals surface area contributed by atoms with Crippen LogP contribution < -0.4 is 11.0 Å². The van der Waals surface area contributed by atoms with Crippen LogP contribution in [0, 0.1) is 29.5 Å². The summed E-state index contributed by atoms with van der Waals surface area (Å²) in [5.74, 6) is -0.273. The quantitative estimate of drug-likeness (QED) is 0.704. The van der Waals surface area contributed by atoms with E-state index in [1.54, 1.807) is 45.7 Å². The van der Waals surface area contributed by atoms with Crippen molar-refractivity contribution in [2.24, 2.45) is 5.41 Å². The molecule has 0 saturated heterocycles. The maximum Gasteiger partial charge on any atom is 0.334 e. The molecule has 1 aromatic heterocycles. The van der Waals surface area contributed by atoms with Gasteiger partial charge in [-0.1, -0.05) is 39.0 Å². The normalized spacial score (nSPS) is 12.6. The first-order valence-corrected chi connectivity index (χ1v) is 9.49. The highest BCUT2D eigenvalue weighted by atomic mass is 19.1. The van der Waals surface area contributed by atoms with E-state index in [-0.39, 0.29) is 23.0 Å². The molecule has 1 unspecified atom stereocenters. The predicted octanol–water partition coefficient (Wildman–Crippen LogP) is 4.29. The molecule has 0 spiro atoms. The molecule has 1 heterocycles. The highest BCUT2D eigenvalue weighted by Gasteiger charge is 2.26. The Labute approximate surface area is 170 Å². The van der Waals surface area contributed by atoms with Crippen molar-refractivity contribution in [1.29, 1.82) is 5.26 Å². The molecule has 0 radical (unpaired) electrons. The third kappa shape index (κ3) is 4.47. The first-order chi connectivity index (χ1) is 13.7. The highest BCUT2D eigenvalue weighted by Crippen LogP contribution is 2.32. The summed E-state index contributed by atoms with van der Waals surface area (Å²) in [5.41, 5.74) is 2.59. The third-order valence-corrected chi connectivity index (χ3v) is 4.90. The first kappa shape index (κ1) is 20.6.